The van der Waals surface area contributed by atoms with Crippen molar-refractivity contribution in [2.75, 3.05) is 19.8 Å². The first-order chi connectivity index (χ1) is 7.63. The van der Waals surface area contributed by atoms with Crippen molar-refractivity contribution in [1.29, 1.82) is 0 Å². The summed E-state index contributed by atoms with van der Waals surface area (Å²) in [7, 11) is 0. The zero-order chi connectivity index (χ0) is 12.0. The van der Waals surface area contributed by atoms with Gasteiger partial charge in [0.15, 0.2) is 0 Å². The van der Waals surface area contributed by atoms with Crippen LogP contribution in [0.5, 0.6) is 0 Å². The molecule has 0 saturated carbocycles. The van der Waals surface area contributed by atoms with Gasteiger partial charge in [-0.15, -0.1) is 0 Å². The first-order valence-electron chi connectivity index (χ1n) is 5.48. The van der Waals surface area contributed by atoms with E-state index in [0.29, 0.717) is 25.5 Å². The van der Waals surface area contributed by atoms with Crippen molar-refractivity contribution in [3.63, 3.8) is 0 Å². The number of amides is 2. The molecule has 3 N–H and O–H groups in total. The fraction of sp³-hybridized carbons (Fsp3) is 0.800. The van der Waals surface area contributed by atoms with E-state index in [0.717, 1.165) is 13.0 Å². The Hall–Kier alpha value is -1.30. The van der Waals surface area contributed by atoms with Crippen LogP contribution in [0.3, 0.4) is 0 Å². The minimum atomic E-state index is -1.01. The van der Waals surface area contributed by atoms with Gasteiger partial charge in [-0.05, 0) is 12.8 Å². The third kappa shape index (κ3) is 4.06. The molecule has 0 radical (unpaired) electrons. The minimum absolute atomic E-state index is 0.343. The molecule has 0 aliphatic carbocycles. The number of rotatable bonds is 5. The van der Waals surface area contributed by atoms with Gasteiger partial charge in [-0.2, -0.15) is 0 Å². The minimum Gasteiger partial charge on any atom is -0.480 e. The molecule has 6 nitrogen and oxygen atoms in total. The molecule has 1 heterocycles. The summed E-state index contributed by atoms with van der Waals surface area (Å²) < 4.78 is 5.16. The molecule has 0 bridgehead atoms. The molecule has 2 atom stereocenters. The number of aliphatic carboxylic acids is 1. The number of ether oxygens (including phenoxy) is 1. The van der Waals surface area contributed by atoms with E-state index in [1.807, 2.05) is 0 Å². The van der Waals surface area contributed by atoms with Gasteiger partial charge >= 0.3 is 12.0 Å². The summed E-state index contributed by atoms with van der Waals surface area (Å²) in [5.74, 6) is -0.669. The van der Waals surface area contributed by atoms with E-state index in [9.17, 15) is 9.59 Å². The number of carboxylic acids is 1. The van der Waals surface area contributed by atoms with Crippen molar-refractivity contribution >= 4 is 12.0 Å². The maximum absolute atomic E-state index is 11.3. The molecule has 0 aromatic heterocycles. The molecule has 92 valence electrons. The highest BCUT2D eigenvalue weighted by atomic mass is 16.5. The second kappa shape index (κ2) is 6.32. The smallest absolute Gasteiger partial charge is 0.326 e. The summed E-state index contributed by atoms with van der Waals surface area (Å²) in [5.41, 5.74) is 0. The van der Waals surface area contributed by atoms with Crippen molar-refractivity contribution in [3.8, 4) is 0 Å². The van der Waals surface area contributed by atoms with Crippen LogP contribution in [-0.2, 0) is 9.53 Å². The lowest BCUT2D eigenvalue weighted by molar-refractivity contribution is -0.139. The Kier molecular flexibility index (Phi) is 5.04. The van der Waals surface area contributed by atoms with E-state index >= 15 is 0 Å². The molecule has 2 amide bonds. The van der Waals surface area contributed by atoms with Crippen LogP contribution in [0.15, 0.2) is 0 Å². The van der Waals surface area contributed by atoms with Gasteiger partial charge in [0.25, 0.3) is 0 Å². The fourth-order valence-electron chi connectivity index (χ4n) is 1.53. The Balaban J connectivity index is 2.21. The Bertz CT molecular complexity index is 251. The van der Waals surface area contributed by atoms with Crippen LogP contribution >= 0.6 is 0 Å². The third-order valence-corrected chi connectivity index (χ3v) is 2.59. The van der Waals surface area contributed by atoms with Crippen LogP contribution in [0, 0.1) is 5.92 Å². The van der Waals surface area contributed by atoms with Crippen molar-refractivity contribution in [3.05, 3.63) is 0 Å². The maximum Gasteiger partial charge on any atom is 0.326 e. The largest absolute Gasteiger partial charge is 0.480 e. The zero-order valence-corrected chi connectivity index (χ0v) is 9.36. The third-order valence-electron chi connectivity index (χ3n) is 2.59. The summed E-state index contributed by atoms with van der Waals surface area (Å²) in [4.78, 5) is 22.0. The molecule has 1 fully saturated rings. The summed E-state index contributed by atoms with van der Waals surface area (Å²) >= 11 is 0. The summed E-state index contributed by atoms with van der Waals surface area (Å²) in [6, 6.07) is -1.25. The van der Waals surface area contributed by atoms with E-state index < -0.39 is 18.0 Å². The Morgan fingerprint density at radius 3 is 2.81 bits per heavy atom. The molecule has 1 saturated heterocycles. The van der Waals surface area contributed by atoms with Gasteiger partial charge in [-0.1, -0.05) is 6.92 Å². The van der Waals surface area contributed by atoms with Gasteiger partial charge in [-0.25, -0.2) is 9.59 Å². The van der Waals surface area contributed by atoms with Gasteiger partial charge in [0, 0.05) is 19.1 Å². The molecule has 6 heteroatoms. The number of urea groups is 1. The predicted molar refractivity (Wildman–Crippen MR) is 57.2 cm³/mol. The molecular weight excluding hydrogens is 212 g/mol. The van der Waals surface area contributed by atoms with Crippen molar-refractivity contribution < 1.29 is 19.4 Å². The lowest BCUT2D eigenvalue weighted by Crippen LogP contribution is -2.46. The first kappa shape index (κ1) is 12.8. The van der Waals surface area contributed by atoms with E-state index in [2.05, 4.69) is 10.6 Å². The number of carboxylic acid groups (broad SMARTS) is 1. The molecule has 16 heavy (non-hydrogen) atoms. The summed E-state index contributed by atoms with van der Waals surface area (Å²) in [6.45, 7) is 3.64. The quantitative estimate of drug-likeness (QED) is 0.629. The number of carbonyl (C=O) groups is 2. The van der Waals surface area contributed by atoms with Gasteiger partial charge in [-0.3, -0.25) is 0 Å². The van der Waals surface area contributed by atoms with E-state index in [-0.39, 0.29) is 0 Å². The Morgan fingerprint density at radius 2 is 2.31 bits per heavy atom. The Morgan fingerprint density at radius 1 is 1.56 bits per heavy atom. The molecule has 1 rings (SSSR count). The number of hydrogen-bond donors (Lipinski definition) is 3. The lowest BCUT2D eigenvalue weighted by atomic mass is 10.1. The highest BCUT2D eigenvalue weighted by Crippen LogP contribution is 2.10. The molecule has 0 spiro atoms. The SMILES string of the molecule is CC[C@@H](NC(=O)NCC1CCOC1)C(=O)O. The van der Waals surface area contributed by atoms with E-state index in [1.165, 1.54) is 0 Å². The molecule has 0 aromatic rings. The topological polar surface area (TPSA) is 87.7 Å². The monoisotopic (exact) mass is 230 g/mol. The van der Waals surface area contributed by atoms with Gasteiger partial charge in [0.2, 0.25) is 0 Å². The number of hydrogen-bond acceptors (Lipinski definition) is 3. The molecule has 1 aliphatic heterocycles. The Labute approximate surface area is 94.3 Å². The zero-order valence-electron chi connectivity index (χ0n) is 9.36. The van der Waals surface area contributed by atoms with Crippen LogP contribution in [0.2, 0.25) is 0 Å². The molecule has 1 unspecified atom stereocenters. The van der Waals surface area contributed by atoms with Gasteiger partial charge < -0.3 is 20.5 Å². The second-order valence-corrected chi connectivity index (χ2v) is 3.88. The molecular formula is C10H18N2O4. The number of carbonyl (C=O) groups excluding carboxylic acids is 1. The molecule has 1 aliphatic rings. The fourth-order valence-corrected chi connectivity index (χ4v) is 1.53. The van der Waals surface area contributed by atoms with E-state index in [1.54, 1.807) is 6.92 Å². The average Bonchev–Trinajstić information content (AvgIpc) is 2.75. The van der Waals surface area contributed by atoms with Crippen molar-refractivity contribution in [2.45, 2.75) is 25.8 Å². The standard InChI is InChI=1S/C10H18N2O4/c1-2-8(9(13)14)12-10(15)11-5-7-3-4-16-6-7/h7-8H,2-6H2,1H3,(H,13,14)(H2,11,12,15)/t7?,8-/m1/s1. The highest BCUT2D eigenvalue weighted by molar-refractivity contribution is 5.82. The van der Waals surface area contributed by atoms with Crippen LogP contribution < -0.4 is 10.6 Å². The predicted octanol–water partition coefficient (Wildman–Crippen LogP) is 0.185. The van der Waals surface area contributed by atoms with Crippen LogP contribution in [-0.4, -0.2) is 42.9 Å². The van der Waals surface area contributed by atoms with Gasteiger partial charge in [0.05, 0.1) is 6.61 Å². The molecule has 0 aromatic carbocycles. The van der Waals surface area contributed by atoms with Gasteiger partial charge in [0.1, 0.15) is 6.04 Å². The lowest BCUT2D eigenvalue weighted by Gasteiger charge is -2.14. The number of nitrogens with one attached hydrogen (secondary N) is 2. The van der Waals surface area contributed by atoms with Crippen LogP contribution in [0.25, 0.3) is 0 Å². The summed E-state index contributed by atoms with van der Waals surface area (Å²) in [5, 5.41) is 13.8. The van der Waals surface area contributed by atoms with Crippen molar-refractivity contribution in [2.24, 2.45) is 5.92 Å². The summed E-state index contributed by atoms with van der Waals surface area (Å²) in [6.07, 6.45) is 1.31. The highest BCUT2D eigenvalue weighted by Gasteiger charge is 2.19. The second-order valence-electron chi connectivity index (χ2n) is 3.88. The van der Waals surface area contributed by atoms with Crippen LogP contribution in [0.1, 0.15) is 19.8 Å². The van der Waals surface area contributed by atoms with Crippen molar-refractivity contribution in [1.82, 2.24) is 10.6 Å². The maximum atomic E-state index is 11.3. The normalized spacial score (nSPS) is 21.4. The van der Waals surface area contributed by atoms with E-state index in [4.69, 9.17) is 9.84 Å². The first-order valence-corrected chi connectivity index (χ1v) is 5.48. The van der Waals surface area contributed by atoms with Crippen LogP contribution in [0.4, 0.5) is 4.79 Å². The average molecular weight is 230 g/mol.